The van der Waals surface area contributed by atoms with Gasteiger partial charge in [0.15, 0.2) is 0 Å². The van der Waals surface area contributed by atoms with E-state index in [1.165, 1.54) is 19.3 Å². The lowest BCUT2D eigenvalue weighted by Gasteiger charge is -2.17. The molecule has 1 rings (SSSR count). The minimum Gasteiger partial charge on any atom is -0.395 e. The summed E-state index contributed by atoms with van der Waals surface area (Å²) in [6, 6.07) is 0.0977. The molecule has 0 aromatic rings. The zero-order valence-corrected chi connectivity index (χ0v) is 9.61. The summed E-state index contributed by atoms with van der Waals surface area (Å²) < 4.78 is 0. The summed E-state index contributed by atoms with van der Waals surface area (Å²) in [5.41, 5.74) is 0. The van der Waals surface area contributed by atoms with Gasteiger partial charge in [0.05, 0.1) is 6.61 Å². The molecule has 0 atom stereocenters. The number of rotatable bonds is 7. The maximum absolute atomic E-state index is 11.7. The molecule has 1 aliphatic rings. The second kappa shape index (κ2) is 6.67. The molecule has 0 spiro atoms. The van der Waals surface area contributed by atoms with Crippen molar-refractivity contribution in [3.63, 3.8) is 0 Å². The van der Waals surface area contributed by atoms with Gasteiger partial charge in [-0.1, -0.05) is 26.2 Å². The lowest BCUT2D eigenvalue weighted by molar-refractivity contribution is 0.178. The number of hydrogen-bond donors (Lipinski definition) is 1. The highest BCUT2D eigenvalue weighted by Crippen LogP contribution is 2.10. The molecule has 4 heteroatoms. The molecule has 0 radical (unpaired) electrons. The number of carbonyl (C=O) groups is 1. The van der Waals surface area contributed by atoms with Crippen LogP contribution in [0.15, 0.2) is 0 Å². The predicted octanol–water partition coefficient (Wildman–Crippen LogP) is 1.30. The van der Waals surface area contributed by atoms with Crippen molar-refractivity contribution in [3.8, 4) is 0 Å². The highest BCUT2D eigenvalue weighted by Gasteiger charge is 2.26. The molecule has 1 aliphatic heterocycles. The van der Waals surface area contributed by atoms with Crippen LogP contribution in [0.5, 0.6) is 0 Å². The molecule has 0 saturated carbocycles. The fourth-order valence-electron chi connectivity index (χ4n) is 1.90. The molecular formula is C11H22N2O2. The van der Waals surface area contributed by atoms with E-state index in [1.807, 2.05) is 4.90 Å². The van der Waals surface area contributed by atoms with Gasteiger partial charge in [-0.25, -0.2) is 4.79 Å². The van der Waals surface area contributed by atoms with Gasteiger partial charge >= 0.3 is 6.03 Å². The first-order valence-electron chi connectivity index (χ1n) is 5.94. The van der Waals surface area contributed by atoms with Crippen LogP contribution >= 0.6 is 0 Å². The van der Waals surface area contributed by atoms with Gasteiger partial charge in [0.2, 0.25) is 0 Å². The van der Waals surface area contributed by atoms with E-state index in [1.54, 1.807) is 4.90 Å². The number of aliphatic hydroxyl groups excluding tert-OH is 1. The Bertz CT molecular complexity index is 197. The molecule has 0 aromatic carbocycles. The van der Waals surface area contributed by atoms with Crippen molar-refractivity contribution >= 4 is 6.03 Å². The molecule has 0 bridgehead atoms. The average Bonchev–Trinajstić information content (AvgIpc) is 2.57. The van der Waals surface area contributed by atoms with Crippen LogP contribution in [-0.2, 0) is 0 Å². The predicted molar refractivity (Wildman–Crippen MR) is 59.8 cm³/mol. The lowest BCUT2D eigenvalue weighted by atomic mass is 10.2. The van der Waals surface area contributed by atoms with Gasteiger partial charge in [-0.3, -0.25) is 0 Å². The summed E-state index contributed by atoms with van der Waals surface area (Å²) in [6.07, 6.45) is 4.79. The normalized spacial score (nSPS) is 16.5. The second-order valence-electron chi connectivity index (χ2n) is 4.04. The smallest absolute Gasteiger partial charge is 0.320 e. The zero-order valence-electron chi connectivity index (χ0n) is 9.61. The van der Waals surface area contributed by atoms with E-state index in [0.29, 0.717) is 6.54 Å². The van der Waals surface area contributed by atoms with Crippen molar-refractivity contribution in [1.82, 2.24) is 9.80 Å². The van der Waals surface area contributed by atoms with Gasteiger partial charge in [-0.15, -0.1) is 0 Å². The molecule has 2 amide bonds. The first-order chi connectivity index (χ1) is 7.29. The quantitative estimate of drug-likeness (QED) is 0.649. The summed E-state index contributed by atoms with van der Waals surface area (Å²) >= 11 is 0. The zero-order chi connectivity index (χ0) is 11.1. The van der Waals surface area contributed by atoms with Crippen LogP contribution < -0.4 is 0 Å². The van der Waals surface area contributed by atoms with Crippen LogP contribution in [0.1, 0.15) is 32.6 Å². The Morgan fingerprint density at radius 1 is 1.13 bits per heavy atom. The standard InChI is InChI=1S/C11H22N2O2/c1-2-3-4-5-6-12-7-8-13(9-10-14)11(12)15/h14H,2-10H2,1H3. The molecule has 88 valence electrons. The van der Waals surface area contributed by atoms with Gasteiger partial charge in [0, 0.05) is 26.2 Å². The highest BCUT2D eigenvalue weighted by atomic mass is 16.3. The van der Waals surface area contributed by atoms with Crippen LogP contribution in [0, 0.1) is 0 Å². The number of hydrogen-bond acceptors (Lipinski definition) is 2. The molecule has 1 fully saturated rings. The lowest BCUT2D eigenvalue weighted by Crippen LogP contribution is -2.34. The molecule has 1 saturated heterocycles. The minimum atomic E-state index is 0.0649. The first-order valence-corrected chi connectivity index (χ1v) is 5.94. The third kappa shape index (κ3) is 3.70. The number of aliphatic hydroxyl groups is 1. The molecule has 15 heavy (non-hydrogen) atoms. The Balaban J connectivity index is 2.18. The maximum atomic E-state index is 11.7. The summed E-state index contributed by atoms with van der Waals surface area (Å²) in [7, 11) is 0. The Morgan fingerprint density at radius 2 is 1.80 bits per heavy atom. The molecule has 1 heterocycles. The van der Waals surface area contributed by atoms with Crippen molar-refractivity contribution < 1.29 is 9.90 Å². The molecular weight excluding hydrogens is 192 g/mol. The van der Waals surface area contributed by atoms with Crippen molar-refractivity contribution in [2.75, 3.05) is 32.8 Å². The number of carbonyl (C=O) groups excluding carboxylic acids is 1. The van der Waals surface area contributed by atoms with Crippen LogP contribution in [-0.4, -0.2) is 53.7 Å². The summed E-state index contributed by atoms with van der Waals surface area (Å²) in [4.78, 5) is 15.3. The molecule has 0 unspecified atom stereocenters. The first kappa shape index (κ1) is 12.3. The SMILES string of the molecule is CCCCCCN1CCN(CCO)C1=O. The Kier molecular flexibility index (Phi) is 5.47. The van der Waals surface area contributed by atoms with Crippen LogP contribution in [0.2, 0.25) is 0 Å². The highest BCUT2D eigenvalue weighted by molar-refractivity contribution is 5.76. The van der Waals surface area contributed by atoms with Crippen LogP contribution in [0.25, 0.3) is 0 Å². The van der Waals surface area contributed by atoms with E-state index < -0.39 is 0 Å². The Hall–Kier alpha value is -0.770. The molecule has 1 N–H and O–H groups in total. The van der Waals surface area contributed by atoms with Gasteiger partial charge in [-0.05, 0) is 6.42 Å². The number of β-amino-alcohol motifs (C(OH)–C–C–N with tert-alkyl or cyclic N) is 1. The monoisotopic (exact) mass is 214 g/mol. The topological polar surface area (TPSA) is 43.8 Å². The van der Waals surface area contributed by atoms with E-state index in [-0.39, 0.29) is 12.6 Å². The van der Waals surface area contributed by atoms with E-state index in [2.05, 4.69) is 6.92 Å². The molecule has 0 aliphatic carbocycles. The Morgan fingerprint density at radius 3 is 2.40 bits per heavy atom. The van der Waals surface area contributed by atoms with Crippen molar-refractivity contribution in [2.45, 2.75) is 32.6 Å². The largest absolute Gasteiger partial charge is 0.395 e. The van der Waals surface area contributed by atoms with Gasteiger partial charge in [0.25, 0.3) is 0 Å². The van der Waals surface area contributed by atoms with Crippen molar-refractivity contribution in [2.24, 2.45) is 0 Å². The average molecular weight is 214 g/mol. The van der Waals surface area contributed by atoms with Gasteiger partial charge in [-0.2, -0.15) is 0 Å². The van der Waals surface area contributed by atoms with E-state index in [9.17, 15) is 4.79 Å². The fraction of sp³-hybridized carbons (Fsp3) is 0.909. The number of urea groups is 1. The summed E-state index contributed by atoms with van der Waals surface area (Å²) in [5, 5.41) is 8.76. The van der Waals surface area contributed by atoms with E-state index in [0.717, 1.165) is 26.1 Å². The van der Waals surface area contributed by atoms with Gasteiger partial charge in [0.1, 0.15) is 0 Å². The third-order valence-electron chi connectivity index (χ3n) is 2.83. The van der Waals surface area contributed by atoms with Crippen LogP contribution in [0.4, 0.5) is 4.79 Å². The fourth-order valence-corrected chi connectivity index (χ4v) is 1.90. The van der Waals surface area contributed by atoms with E-state index in [4.69, 9.17) is 5.11 Å². The molecule has 0 aromatic heterocycles. The summed E-state index contributed by atoms with van der Waals surface area (Å²) in [6.45, 7) is 5.20. The summed E-state index contributed by atoms with van der Waals surface area (Å²) in [5.74, 6) is 0. The van der Waals surface area contributed by atoms with Crippen molar-refractivity contribution in [1.29, 1.82) is 0 Å². The van der Waals surface area contributed by atoms with Gasteiger partial charge < -0.3 is 14.9 Å². The van der Waals surface area contributed by atoms with Crippen LogP contribution in [0.3, 0.4) is 0 Å². The van der Waals surface area contributed by atoms with Crippen molar-refractivity contribution in [3.05, 3.63) is 0 Å². The number of nitrogens with zero attached hydrogens (tertiary/aromatic N) is 2. The number of unbranched alkanes of at least 4 members (excludes halogenated alkanes) is 3. The third-order valence-corrected chi connectivity index (χ3v) is 2.83. The number of amides is 2. The Labute approximate surface area is 91.9 Å². The van der Waals surface area contributed by atoms with E-state index >= 15 is 0 Å². The maximum Gasteiger partial charge on any atom is 0.320 e. The molecule has 4 nitrogen and oxygen atoms in total. The second-order valence-corrected chi connectivity index (χ2v) is 4.04. The minimum absolute atomic E-state index is 0.0649.